The summed E-state index contributed by atoms with van der Waals surface area (Å²) in [5.74, 6) is -0.284. The molecule has 2 aromatic rings. The van der Waals surface area contributed by atoms with E-state index in [0.29, 0.717) is 37.3 Å². The van der Waals surface area contributed by atoms with Gasteiger partial charge in [-0.3, -0.25) is 34.7 Å². The molecule has 0 saturated carbocycles. The van der Waals surface area contributed by atoms with Crippen LogP contribution in [0, 0.1) is 20.2 Å². The lowest BCUT2D eigenvalue weighted by Gasteiger charge is -2.36. The van der Waals surface area contributed by atoms with Gasteiger partial charge in [0.1, 0.15) is 19.3 Å². The number of likely N-dealkylation sites (tertiary alicyclic amines) is 1. The third-order valence-corrected chi connectivity index (χ3v) is 8.09. The molecular weight excluding hydrogens is 612 g/mol. The second-order valence-corrected chi connectivity index (χ2v) is 11.7. The summed E-state index contributed by atoms with van der Waals surface area (Å²) < 4.78 is 10.5. The number of rotatable bonds is 9. The molecule has 0 radical (unpaired) electrons. The fraction of sp³-hybridized carbons (Fsp3) is 0.393. The number of hydrogen-bond donors (Lipinski definition) is 0. The van der Waals surface area contributed by atoms with Gasteiger partial charge in [0.2, 0.25) is 5.91 Å². The van der Waals surface area contributed by atoms with Crippen LogP contribution in [0.15, 0.2) is 53.5 Å². The van der Waals surface area contributed by atoms with E-state index in [1.165, 1.54) is 66.7 Å². The molecule has 0 aliphatic carbocycles. The highest BCUT2D eigenvalue weighted by molar-refractivity contribution is 8.14. The Morgan fingerprint density at radius 2 is 1.42 bits per heavy atom. The van der Waals surface area contributed by atoms with E-state index in [4.69, 9.17) is 9.47 Å². The van der Waals surface area contributed by atoms with Crippen LogP contribution in [0.1, 0.15) is 24.5 Å². The Labute approximate surface area is 261 Å². The zero-order chi connectivity index (χ0) is 32.5. The fourth-order valence-corrected chi connectivity index (χ4v) is 5.77. The summed E-state index contributed by atoms with van der Waals surface area (Å²) in [6.07, 6.45) is 0.0423. The van der Waals surface area contributed by atoms with Gasteiger partial charge in [-0.05, 0) is 41.8 Å². The first-order valence-electron chi connectivity index (χ1n) is 13.8. The number of hydrogen-bond acceptors (Lipinski definition) is 11. The van der Waals surface area contributed by atoms with Crippen LogP contribution in [0.25, 0.3) is 0 Å². The predicted molar refractivity (Wildman–Crippen MR) is 160 cm³/mol. The number of piperazine rings is 1. The van der Waals surface area contributed by atoms with Crippen LogP contribution in [0.3, 0.4) is 0 Å². The smallest absolute Gasteiger partial charge is 0.435 e. The molecule has 0 unspecified atom stereocenters. The van der Waals surface area contributed by atoms with Crippen LogP contribution in [0.2, 0.25) is 0 Å². The van der Waals surface area contributed by atoms with Crippen molar-refractivity contribution >= 4 is 52.7 Å². The van der Waals surface area contributed by atoms with Crippen molar-refractivity contribution in [3.8, 4) is 0 Å². The highest BCUT2D eigenvalue weighted by atomic mass is 32.2. The van der Waals surface area contributed by atoms with Crippen LogP contribution in [0.5, 0.6) is 0 Å². The summed E-state index contributed by atoms with van der Waals surface area (Å²) >= 11 is 1.06. The van der Waals surface area contributed by atoms with Gasteiger partial charge in [-0.1, -0.05) is 11.8 Å². The molecule has 2 atom stereocenters. The van der Waals surface area contributed by atoms with E-state index in [-0.39, 0.29) is 53.8 Å². The number of aliphatic imine (C=N–C) groups is 1. The summed E-state index contributed by atoms with van der Waals surface area (Å²) in [4.78, 5) is 79.4. The Morgan fingerprint density at radius 3 is 1.93 bits per heavy atom. The Hall–Kier alpha value is -5.06. The lowest BCUT2D eigenvalue weighted by atomic mass is 10.1. The molecule has 45 heavy (non-hydrogen) atoms. The molecule has 2 aliphatic rings. The third kappa shape index (κ3) is 9.21. The van der Waals surface area contributed by atoms with Crippen molar-refractivity contribution in [2.24, 2.45) is 4.99 Å². The first-order valence-corrected chi connectivity index (χ1v) is 14.7. The van der Waals surface area contributed by atoms with Crippen molar-refractivity contribution in [3.63, 3.8) is 0 Å². The second kappa shape index (κ2) is 15.1. The normalized spacial score (nSPS) is 18.1. The number of amides is 3. The average Bonchev–Trinajstić information content (AvgIpc) is 3.45. The Bertz CT molecular complexity index is 1460. The minimum absolute atomic E-state index is 0.0734. The monoisotopic (exact) mass is 642 g/mol. The quantitative estimate of drug-likeness (QED) is 0.168. The van der Waals surface area contributed by atoms with Crippen LogP contribution in [-0.4, -0.2) is 98.1 Å². The van der Waals surface area contributed by atoms with Crippen LogP contribution < -0.4 is 0 Å². The van der Waals surface area contributed by atoms with E-state index in [2.05, 4.69) is 4.99 Å². The van der Waals surface area contributed by atoms with Gasteiger partial charge in [0.15, 0.2) is 5.12 Å². The molecule has 2 heterocycles. The van der Waals surface area contributed by atoms with E-state index in [1.807, 2.05) is 0 Å². The molecule has 0 spiro atoms. The second-order valence-electron chi connectivity index (χ2n) is 10.2. The molecule has 0 N–H and O–H groups in total. The maximum Gasteiger partial charge on any atom is 0.435 e. The van der Waals surface area contributed by atoms with Gasteiger partial charge in [-0.2, -0.15) is 4.99 Å². The van der Waals surface area contributed by atoms with Crippen LogP contribution in [0.4, 0.5) is 21.0 Å². The van der Waals surface area contributed by atoms with Gasteiger partial charge in [-0.25, -0.2) is 9.59 Å². The number of carbonyl (C=O) groups is 4. The number of thioether (sulfide) groups is 1. The maximum atomic E-state index is 13.5. The van der Waals surface area contributed by atoms with Gasteiger partial charge in [-0.15, -0.1) is 0 Å². The molecule has 0 aromatic heterocycles. The molecule has 16 nitrogen and oxygen atoms in total. The van der Waals surface area contributed by atoms with Crippen molar-refractivity contribution in [3.05, 3.63) is 79.9 Å². The van der Waals surface area contributed by atoms with E-state index in [1.54, 1.807) is 9.80 Å². The van der Waals surface area contributed by atoms with Crippen LogP contribution >= 0.6 is 11.8 Å². The molecule has 2 saturated heterocycles. The lowest BCUT2D eigenvalue weighted by molar-refractivity contribution is -0.385. The van der Waals surface area contributed by atoms with Gasteiger partial charge in [0.25, 0.3) is 11.4 Å². The zero-order valence-electron chi connectivity index (χ0n) is 24.2. The van der Waals surface area contributed by atoms with Crippen molar-refractivity contribution in [2.75, 3.05) is 32.7 Å². The minimum atomic E-state index is -0.838. The number of carbonyl (C=O) groups excluding carboxylic acids is 4. The molecular formula is C28H30N6O10S. The molecule has 2 fully saturated rings. The maximum absolute atomic E-state index is 13.5. The zero-order valence-corrected chi connectivity index (χ0v) is 25.0. The lowest BCUT2D eigenvalue weighted by Crippen LogP contribution is -2.54. The SMILES string of the molecule is CC(=O)S[C@H]1C[C@@H](C(=O)N2CCN(C=NC(=O)OCc3ccc([N+](=O)[O-])cc3)CC2)N(C(=O)OCc2ccc([N+](=O)[O-])cc2)C1. The van der Waals surface area contributed by atoms with Crippen molar-refractivity contribution in [2.45, 2.75) is 37.9 Å². The number of nitro benzene ring substituents is 2. The fourth-order valence-electron chi connectivity index (χ4n) is 4.79. The summed E-state index contributed by atoms with van der Waals surface area (Å²) in [6, 6.07) is 10.3. The van der Waals surface area contributed by atoms with E-state index < -0.39 is 28.1 Å². The Kier molecular flexibility index (Phi) is 11.0. The van der Waals surface area contributed by atoms with E-state index >= 15 is 0 Å². The number of benzene rings is 2. The highest BCUT2D eigenvalue weighted by Crippen LogP contribution is 2.30. The van der Waals surface area contributed by atoms with Gasteiger partial charge in [0, 0.05) is 69.2 Å². The molecule has 17 heteroatoms. The molecule has 2 aromatic carbocycles. The predicted octanol–water partition coefficient (Wildman–Crippen LogP) is 3.37. The van der Waals surface area contributed by atoms with Gasteiger partial charge in [0.05, 0.1) is 16.2 Å². The molecule has 0 bridgehead atoms. The summed E-state index contributed by atoms with van der Waals surface area (Å²) in [6.45, 7) is 2.66. The number of non-ortho nitro benzene ring substituents is 2. The van der Waals surface area contributed by atoms with Gasteiger partial charge >= 0.3 is 12.2 Å². The van der Waals surface area contributed by atoms with Gasteiger partial charge < -0.3 is 19.3 Å². The molecule has 4 rings (SSSR count). The number of nitrogens with zero attached hydrogens (tertiary/aromatic N) is 6. The molecule has 2 aliphatic heterocycles. The molecule has 238 valence electrons. The summed E-state index contributed by atoms with van der Waals surface area (Å²) in [5.41, 5.74) is 0.941. The van der Waals surface area contributed by atoms with Crippen molar-refractivity contribution in [1.29, 1.82) is 0 Å². The first-order chi connectivity index (χ1) is 21.5. The number of nitro groups is 2. The summed E-state index contributed by atoms with van der Waals surface area (Å²) in [5, 5.41) is 21.2. The van der Waals surface area contributed by atoms with Crippen molar-refractivity contribution in [1.82, 2.24) is 14.7 Å². The minimum Gasteiger partial charge on any atom is -0.445 e. The van der Waals surface area contributed by atoms with Crippen LogP contribution in [-0.2, 0) is 32.3 Å². The largest absolute Gasteiger partial charge is 0.445 e. The number of ether oxygens (including phenoxy) is 2. The van der Waals surface area contributed by atoms with Crippen molar-refractivity contribution < 1.29 is 38.5 Å². The average molecular weight is 643 g/mol. The molecule has 3 amide bonds. The third-order valence-electron chi connectivity index (χ3n) is 7.09. The highest BCUT2D eigenvalue weighted by Gasteiger charge is 2.43. The topological polar surface area (TPSA) is 195 Å². The Morgan fingerprint density at radius 1 is 0.889 bits per heavy atom. The Balaban J connectivity index is 1.28. The van der Waals surface area contributed by atoms with E-state index in [0.717, 1.165) is 11.8 Å². The summed E-state index contributed by atoms with van der Waals surface area (Å²) in [7, 11) is 0. The standard InChI is InChI=1S/C28H30N6O10S/c1-19(35)45-24-14-25(32(15-24)28(38)44-17-21-4-8-23(9-5-21)34(41)42)26(36)31-12-10-30(11-13-31)18-29-27(37)43-16-20-2-6-22(7-3-20)33(39)40/h2-9,18,24-25H,10-17H2,1H3/t24-,25-/m0/s1. The van der Waals surface area contributed by atoms with E-state index in [9.17, 15) is 39.4 Å². The first kappa shape index (κ1) is 32.8.